The predicted octanol–water partition coefficient (Wildman–Crippen LogP) is 2.97. The van der Waals surface area contributed by atoms with Crippen molar-refractivity contribution in [3.8, 4) is 0 Å². The van der Waals surface area contributed by atoms with Gasteiger partial charge in [-0.1, -0.05) is 30.3 Å². The molecular formula is C10H11BrF2O. The van der Waals surface area contributed by atoms with Crippen LogP contribution in [-0.4, -0.2) is 16.0 Å². The van der Waals surface area contributed by atoms with Gasteiger partial charge in [0.25, 0.3) is 0 Å². The first kappa shape index (κ1) is 11.6. The first-order valence-electron chi connectivity index (χ1n) is 4.29. The number of rotatable bonds is 4. The summed E-state index contributed by atoms with van der Waals surface area (Å²) < 4.78 is 25.0. The number of hydrogen-bond acceptors (Lipinski definition) is 1. The van der Waals surface area contributed by atoms with Crippen molar-refractivity contribution in [1.29, 1.82) is 0 Å². The number of aryl methyl sites for hydroxylation is 1. The second kappa shape index (κ2) is 4.84. The van der Waals surface area contributed by atoms with Crippen LogP contribution in [0.25, 0.3) is 0 Å². The lowest BCUT2D eigenvalue weighted by molar-refractivity contribution is -0.0313. The molecule has 0 saturated heterocycles. The van der Waals surface area contributed by atoms with E-state index in [0.717, 1.165) is 5.56 Å². The van der Waals surface area contributed by atoms with Crippen LogP contribution in [0.15, 0.2) is 30.3 Å². The average molecular weight is 265 g/mol. The third-order valence-electron chi connectivity index (χ3n) is 1.93. The average Bonchev–Trinajstić information content (AvgIpc) is 2.14. The topological polar surface area (TPSA) is 20.2 Å². The summed E-state index contributed by atoms with van der Waals surface area (Å²) >= 11 is 2.13. The fourth-order valence-electron chi connectivity index (χ4n) is 1.11. The van der Waals surface area contributed by atoms with Gasteiger partial charge < -0.3 is 5.11 Å². The number of aliphatic hydroxyl groups is 1. The SMILES string of the molecule is OC(CCc1ccccc1)C(F)(F)Br. The van der Waals surface area contributed by atoms with Gasteiger partial charge in [0, 0.05) is 0 Å². The van der Waals surface area contributed by atoms with Crippen LogP contribution in [0.3, 0.4) is 0 Å². The van der Waals surface area contributed by atoms with Gasteiger partial charge in [0.2, 0.25) is 0 Å². The van der Waals surface area contributed by atoms with Gasteiger partial charge in [-0.2, -0.15) is 8.78 Å². The molecule has 0 aliphatic rings. The molecule has 0 aromatic heterocycles. The number of hydrogen-bond donors (Lipinski definition) is 1. The number of benzene rings is 1. The molecule has 0 heterocycles. The maximum absolute atomic E-state index is 12.5. The minimum atomic E-state index is -3.19. The summed E-state index contributed by atoms with van der Waals surface area (Å²) in [6.07, 6.45) is -1.14. The second-order valence-electron chi connectivity index (χ2n) is 3.08. The summed E-state index contributed by atoms with van der Waals surface area (Å²) in [6, 6.07) is 9.24. The van der Waals surface area contributed by atoms with Crippen LogP contribution in [0.4, 0.5) is 8.78 Å². The maximum Gasteiger partial charge on any atom is 0.326 e. The van der Waals surface area contributed by atoms with Crippen molar-refractivity contribution in [2.75, 3.05) is 0 Å². The summed E-state index contributed by atoms with van der Waals surface area (Å²) in [5.74, 6) is 0. The van der Waals surface area contributed by atoms with Crippen LogP contribution in [0, 0.1) is 0 Å². The molecule has 1 aromatic carbocycles. The number of alkyl halides is 3. The van der Waals surface area contributed by atoms with E-state index in [4.69, 9.17) is 5.11 Å². The monoisotopic (exact) mass is 264 g/mol. The zero-order valence-electron chi connectivity index (χ0n) is 7.46. The van der Waals surface area contributed by atoms with Crippen molar-refractivity contribution >= 4 is 15.9 Å². The maximum atomic E-state index is 12.5. The largest absolute Gasteiger partial charge is 0.386 e. The molecule has 0 aliphatic carbocycles. The third kappa shape index (κ3) is 3.72. The normalized spacial score (nSPS) is 14.0. The van der Waals surface area contributed by atoms with Gasteiger partial charge in [-0.3, -0.25) is 0 Å². The van der Waals surface area contributed by atoms with Crippen LogP contribution in [0.5, 0.6) is 0 Å². The van der Waals surface area contributed by atoms with Crippen LogP contribution in [0.1, 0.15) is 12.0 Å². The Morgan fingerprint density at radius 1 is 1.29 bits per heavy atom. The van der Waals surface area contributed by atoms with Crippen molar-refractivity contribution in [2.45, 2.75) is 23.8 Å². The molecule has 1 nitrogen and oxygen atoms in total. The van der Waals surface area contributed by atoms with Crippen molar-refractivity contribution in [3.63, 3.8) is 0 Å². The van der Waals surface area contributed by atoms with E-state index in [9.17, 15) is 8.78 Å². The lowest BCUT2D eigenvalue weighted by Crippen LogP contribution is -2.27. The highest BCUT2D eigenvalue weighted by Gasteiger charge is 2.34. The summed E-state index contributed by atoms with van der Waals surface area (Å²) in [4.78, 5) is -3.19. The summed E-state index contributed by atoms with van der Waals surface area (Å²) in [5.41, 5.74) is 0.948. The molecule has 1 unspecified atom stereocenters. The lowest BCUT2D eigenvalue weighted by Gasteiger charge is -2.15. The molecule has 1 atom stereocenters. The molecule has 1 N–H and O–H groups in total. The molecule has 78 valence electrons. The Hall–Kier alpha value is -0.480. The predicted molar refractivity (Wildman–Crippen MR) is 54.6 cm³/mol. The van der Waals surface area contributed by atoms with Crippen LogP contribution in [-0.2, 0) is 6.42 Å². The van der Waals surface area contributed by atoms with Crippen LogP contribution >= 0.6 is 15.9 Å². The van der Waals surface area contributed by atoms with E-state index >= 15 is 0 Å². The van der Waals surface area contributed by atoms with Gasteiger partial charge >= 0.3 is 4.83 Å². The Kier molecular flexibility index (Phi) is 4.01. The zero-order chi connectivity index (χ0) is 10.6. The van der Waals surface area contributed by atoms with Crippen LogP contribution in [0.2, 0.25) is 0 Å². The molecule has 14 heavy (non-hydrogen) atoms. The Balaban J connectivity index is 2.42. The van der Waals surface area contributed by atoms with Crippen molar-refractivity contribution < 1.29 is 13.9 Å². The highest BCUT2D eigenvalue weighted by atomic mass is 79.9. The molecule has 0 aliphatic heterocycles. The first-order chi connectivity index (χ1) is 6.50. The Labute approximate surface area is 89.9 Å². The highest BCUT2D eigenvalue weighted by Crippen LogP contribution is 2.28. The van der Waals surface area contributed by atoms with Crippen molar-refractivity contribution in [1.82, 2.24) is 0 Å². The van der Waals surface area contributed by atoms with Gasteiger partial charge in [0.15, 0.2) is 0 Å². The summed E-state index contributed by atoms with van der Waals surface area (Å²) in [7, 11) is 0. The highest BCUT2D eigenvalue weighted by molar-refractivity contribution is 9.10. The van der Waals surface area contributed by atoms with Gasteiger partial charge in [-0.05, 0) is 34.3 Å². The molecule has 0 spiro atoms. The van der Waals surface area contributed by atoms with E-state index in [1.807, 2.05) is 30.3 Å². The first-order valence-corrected chi connectivity index (χ1v) is 5.08. The van der Waals surface area contributed by atoms with E-state index in [0.29, 0.717) is 6.42 Å². The van der Waals surface area contributed by atoms with Gasteiger partial charge in [0.05, 0.1) is 0 Å². The molecule has 0 radical (unpaired) electrons. The smallest absolute Gasteiger partial charge is 0.326 e. The van der Waals surface area contributed by atoms with E-state index < -0.39 is 10.9 Å². The minimum Gasteiger partial charge on any atom is -0.386 e. The standard InChI is InChI=1S/C10H11BrF2O/c11-10(12,13)9(14)7-6-8-4-2-1-3-5-8/h1-5,9,14H,6-7H2. The quantitative estimate of drug-likeness (QED) is 0.830. The molecular weight excluding hydrogens is 254 g/mol. The Morgan fingerprint density at radius 2 is 1.86 bits per heavy atom. The van der Waals surface area contributed by atoms with E-state index in [1.54, 1.807) is 0 Å². The van der Waals surface area contributed by atoms with Gasteiger partial charge in [0.1, 0.15) is 6.10 Å². The van der Waals surface area contributed by atoms with Crippen molar-refractivity contribution in [2.24, 2.45) is 0 Å². The van der Waals surface area contributed by atoms with E-state index in [-0.39, 0.29) is 6.42 Å². The van der Waals surface area contributed by atoms with E-state index in [1.165, 1.54) is 0 Å². The van der Waals surface area contributed by atoms with Crippen LogP contribution < -0.4 is 0 Å². The van der Waals surface area contributed by atoms with E-state index in [2.05, 4.69) is 15.9 Å². The summed E-state index contributed by atoms with van der Waals surface area (Å²) in [5, 5.41) is 9.05. The third-order valence-corrected chi connectivity index (χ3v) is 2.46. The van der Waals surface area contributed by atoms with Crippen molar-refractivity contribution in [3.05, 3.63) is 35.9 Å². The number of halogens is 3. The molecule has 0 saturated carbocycles. The lowest BCUT2D eigenvalue weighted by atomic mass is 10.1. The van der Waals surface area contributed by atoms with Gasteiger partial charge in [-0.25, -0.2) is 0 Å². The molecule has 4 heteroatoms. The Bertz CT molecular complexity index is 271. The molecule has 0 bridgehead atoms. The number of aliphatic hydroxyl groups excluding tert-OH is 1. The molecule has 1 aromatic rings. The molecule has 1 rings (SSSR count). The summed E-state index contributed by atoms with van der Waals surface area (Å²) in [6.45, 7) is 0. The molecule has 0 fully saturated rings. The fourth-order valence-corrected chi connectivity index (χ4v) is 1.34. The second-order valence-corrected chi connectivity index (χ2v) is 4.14. The Morgan fingerprint density at radius 3 is 2.36 bits per heavy atom. The molecule has 0 amide bonds. The fraction of sp³-hybridized carbons (Fsp3) is 0.400. The van der Waals surface area contributed by atoms with Gasteiger partial charge in [-0.15, -0.1) is 0 Å². The zero-order valence-corrected chi connectivity index (χ0v) is 9.05. The minimum absolute atomic E-state index is 0.0439.